The molecular weight excluding hydrogens is 414 g/mol. The lowest BCUT2D eigenvalue weighted by atomic mass is 9.95. The van der Waals surface area contributed by atoms with E-state index in [-0.39, 0.29) is 24.2 Å². The molecular formula is C23H22ClN5O2. The molecule has 0 saturated heterocycles. The largest absolute Gasteiger partial charge is 0.496 e. The second kappa shape index (κ2) is 9.49. The quantitative estimate of drug-likeness (QED) is 0.418. The molecule has 2 N–H and O–H groups in total. The van der Waals surface area contributed by atoms with E-state index in [0.717, 1.165) is 11.1 Å². The molecule has 0 spiro atoms. The Morgan fingerprint density at radius 3 is 2.61 bits per heavy atom. The third kappa shape index (κ3) is 5.13. The van der Waals surface area contributed by atoms with Crippen molar-refractivity contribution in [3.63, 3.8) is 0 Å². The number of aromatic amines is 1. The summed E-state index contributed by atoms with van der Waals surface area (Å²) in [7, 11) is 1.60. The number of halogens is 1. The van der Waals surface area contributed by atoms with Crippen molar-refractivity contribution in [1.82, 2.24) is 19.7 Å². The van der Waals surface area contributed by atoms with Crippen molar-refractivity contribution in [2.24, 2.45) is 0 Å². The minimum Gasteiger partial charge on any atom is -0.496 e. The number of anilines is 1. The Balaban J connectivity index is 1.48. The lowest BCUT2D eigenvalue weighted by Gasteiger charge is -2.18. The van der Waals surface area contributed by atoms with Crippen molar-refractivity contribution in [2.75, 3.05) is 12.4 Å². The third-order valence-electron chi connectivity index (χ3n) is 4.97. The summed E-state index contributed by atoms with van der Waals surface area (Å²) in [6.45, 7) is 0.669. The number of H-pyrrole nitrogens is 1. The summed E-state index contributed by atoms with van der Waals surface area (Å²) in [5, 5.41) is 10.4. The molecule has 0 bridgehead atoms. The van der Waals surface area contributed by atoms with Gasteiger partial charge in [-0.2, -0.15) is 4.98 Å². The van der Waals surface area contributed by atoms with Crippen LogP contribution in [0.1, 0.15) is 17.9 Å². The summed E-state index contributed by atoms with van der Waals surface area (Å²) in [5.74, 6) is 1.22. The number of carbonyl (C=O) groups is 1. The van der Waals surface area contributed by atoms with Crippen LogP contribution >= 0.6 is 11.6 Å². The number of para-hydroxylation sites is 1. The molecule has 0 radical (unpaired) electrons. The van der Waals surface area contributed by atoms with Crippen LogP contribution in [0.25, 0.3) is 11.4 Å². The first-order valence-corrected chi connectivity index (χ1v) is 10.2. The number of aromatic nitrogens is 4. The highest BCUT2D eigenvalue weighted by atomic mass is 35.5. The molecule has 8 heteroatoms. The van der Waals surface area contributed by atoms with Crippen molar-refractivity contribution in [2.45, 2.75) is 18.9 Å². The van der Waals surface area contributed by atoms with Crippen LogP contribution in [-0.2, 0) is 11.3 Å². The first-order valence-electron chi connectivity index (χ1n) is 9.84. The second-order valence-electron chi connectivity index (χ2n) is 7.09. The van der Waals surface area contributed by atoms with Gasteiger partial charge < -0.3 is 9.30 Å². The SMILES string of the molecule is COc1ccccc1-c1nc(NC(=O)C[C@@H](Cn2cccc2)c2ccc(Cl)cc2)n[nH]1. The minimum absolute atomic E-state index is 0.0303. The van der Waals surface area contributed by atoms with E-state index < -0.39 is 0 Å². The van der Waals surface area contributed by atoms with Gasteiger partial charge in [-0.05, 0) is 42.0 Å². The number of carbonyl (C=O) groups excluding carboxylic acids is 1. The minimum atomic E-state index is -0.169. The van der Waals surface area contributed by atoms with Crippen LogP contribution in [0.5, 0.6) is 5.75 Å². The summed E-state index contributed by atoms with van der Waals surface area (Å²) < 4.78 is 7.42. The van der Waals surface area contributed by atoms with E-state index in [1.54, 1.807) is 7.11 Å². The molecule has 0 saturated carbocycles. The molecule has 158 valence electrons. The predicted molar refractivity (Wildman–Crippen MR) is 120 cm³/mol. The highest BCUT2D eigenvalue weighted by Crippen LogP contribution is 2.28. The topological polar surface area (TPSA) is 84.8 Å². The maximum Gasteiger partial charge on any atom is 0.249 e. The molecule has 0 aliphatic carbocycles. The molecule has 4 rings (SSSR count). The van der Waals surface area contributed by atoms with Crippen molar-refractivity contribution >= 4 is 23.5 Å². The fourth-order valence-electron chi connectivity index (χ4n) is 3.45. The zero-order valence-corrected chi connectivity index (χ0v) is 17.7. The van der Waals surface area contributed by atoms with Gasteiger partial charge in [-0.25, -0.2) is 0 Å². The van der Waals surface area contributed by atoms with Gasteiger partial charge in [0.15, 0.2) is 5.82 Å². The lowest BCUT2D eigenvalue weighted by molar-refractivity contribution is -0.116. The van der Waals surface area contributed by atoms with Crippen LogP contribution < -0.4 is 10.1 Å². The molecule has 0 fully saturated rings. The Hall–Kier alpha value is -3.58. The second-order valence-corrected chi connectivity index (χ2v) is 7.52. The van der Waals surface area contributed by atoms with Crippen LogP contribution in [0, 0.1) is 0 Å². The number of hydrogen-bond donors (Lipinski definition) is 2. The Kier molecular flexibility index (Phi) is 6.33. The number of hydrogen-bond acceptors (Lipinski definition) is 4. The van der Waals surface area contributed by atoms with Gasteiger partial charge in [-0.3, -0.25) is 15.2 Å². The van der Waals surface area contributed by atoms with Crippen molar-refractivity contribution < 1.29 is 9.53 Å². The molecule has 31 heavy (non-hydrogen) atoms. The lowest BCUT2D eigenvalue weighted by Crippen LogP contribution is -2.19. The molecule has 2 aromatic heterocycles. The highest BCUT2D eigenvalue weighted by molar-refractivity contribution is 6.30. The maximum atomic E-state index is 12.8. The summed E-state index contributed by atoms with van der Waals surface area (Å²) in [5.41, 5.74) is 1.81. The molecule has 0 unspecified atom stereocenters. The number of amides is 1. The van der Waals surface area contributed by atoms with Gasteiger partial charge >= 0.3 is 0 Å². The number of methoxy groups -OCH3 is 1. The van der Waals surface area contributed by atoms with E-state index in [4.69, 9.17) is 16.3 Å². The van der Waals surface area contributed by atoms with Gasteiger partial charge in [0.05, 0.1) is 12.7 Å². The van der Waals surface area contributed by atoms with E-state index in [1.807, 2.05) is 73.1 Å². The van der Waals surface area contributed by atoms with Crippen LogP contribution in [0.15, 0.2) is 73.1 Å². The normalized spacial score (nSPS) is 11.8. The van der Waals surface area contributed by atoms with Crippen LogP contribution in [-0.4, -0.2) is 32.8 Å². The Morgan fingerprint density at radius 2 is 1.87 bits per heavy atom. The molecule has 1 amide bonds. The van der Waals surface area contributed by atoms with Gasteiger partial charge in [0.2, 0.25) is 11.9 Å². The van der Waals surface area contributed by atoms with Crippen molar-refractivity contribution in [3.05, 3.63) is 83.6 Å². The average molecular weight is 436 g/mol. The smallest absolute Gasteiger partial charge is 0.249 e. The molecule has 7 nitrogen and oxygen atoms in total. The van der Waals surface area contributed by atoms with E-state index in [2.05, 4.69) is 25.1 Å². The molecule has 0 aliphatic rings. The van der Waals surface area contributed by atoms with E-state index >= 15 is 0 Å². The number of nitrogens with zero attached hydrogens (tertiary/aromatic N) is 3. The number of nitrogens with one attached hydrogen (secondary N) is 2. The summed E-state index contributed by atoms with van der Waals surface area (Å²) in [6, 6.07) is 19.0. The van der Waals surface area contributed by atoms with Gasteiger partial charge in [-0.1, -0.05) is 35.9 Å². The number of benzene rings is 2. The first-order chi connectivity index (χ1) is 15.1. The zero-order chi connectivity index (χ0) is 21.6. The summed E-state index contributed by atoms with van der Waals surface area (Å²) in [4.78, 5) is 17.2. The third-order valence-corrected chi connectivity index (χ3v) is 5.22. The molecule has 2 aromatic carbocycles. The Bertz CT molecular complexity index is 1140. The average Bonchev–Trinajstić information content (AvgIpc) is 3.46. The summed E-state index contributed by atoms with van der Waals surface area (Å²) >= 11 is 6.03. The van der Waals surface area contributed by atoms with Gasteiger partial charge in [-0.15, -0.1) is 5.10 Å². The fourth-order valence-corrected chi connectivity index (χ4v) is 3.57. The van der Waals surface area contributed by atoms with E-state index in [0.29, 0.717) is 23.1 Å². The van der Waals surface area contributed by atoms with Gasteiger partial charge in [0.25, 0.3) is 0 Å². The van der Waals surface area contributed by atoms with Crippen LogP contribution in [0.2, 0.25) is 5.02 Å². The molecule has 0 aliphatic heterocycles. The molecule has 4 aromatic rings. The van der Waals surface area contributed by atoms with Crippen molar-refractivity contribution in [3.8, 4) is 17.1 Å². The molecule has 1 atom stereocenters. The van der Waals surface area contributed by atoms with Crippen LogP contribution in [0.4, 0.5) is 5.95 Å². The number of rotatable bonds is 8. The Labute approximate surface area is 185 Å². The van der Waals surface area contributed by atoms with Gasteiger partial charge in [0, 0.05) is 36.3 Å². The van der Waals surface area contributed by atoms with E-state index in [1.165, 1.54) is 0 Å². The maximum absolute atomic E-state index is 12.8. The Morgan fingerprint density at radius 1 is 1.13 bits per heavy atom. The van der Waals surface area contributed by atoms with Gasteiger partial charge in [0.1, 0.15) is 5.75 Å². The summed E-state index contributed by atoms with van der Waals surface area (Å²) in [6.07, 6.45) is 4.24. The highest BCUT2D eigenvalue weighted by Gasteiger charge is 2.19. The van der Waals surface area contributed by atoms with Crippen molar-refractivity contribution in [1.29, 1.82) is 0 Å². The number of ether oxygens (including phenoxy) is 1. The standard InChI is InChI=1S/C23H22ClN5O2/c1-31-20-7-3-2-6-19(20)22-26-23(28-27-22)25-21(30)14-17(15-29-12-4-5-13-29)16-8-10-18(24)11-9-16/h2-13,17H,14-15H2,1H3,(H2,25,26,27,28,30)/t17-/m0/s1. The fraction of sp³-hybridized carbons (Fsp3) is 0.174. The van der Waals surface area contributed by atoms with E-state index in [9.17, 15) is 4.79 Å². The first kappa shape index (κ1) is 20.7. The molecule has 2 heterocycles. The zero-order valence-electron chi connectivity index (χ0n) is 17.0. The van der Waals surface area contributed by atoms with Crippen LogP contribution in [0.3, 0.4) is 0 Å². The predicted octanol–water partition coefficient (Wildman–Crippen LogP) is 4.75. The monoisotopic (exact) mass is 435 g/mol.